The topological polar surface area (TPSA) is 107 Å². The van der Waals surface area contributed by atoms with Gasteiger partial charge in [0, 0.05) is 25.7 Å². The molecule has 0 aliphatic heterocycles. The van der Waals surface area contributed by atoms with Gasteiger partial charge in [0.25, 0.3) is 0 Å². The van der Waals surface area contributed by atoms with Gasteiger partial charge in [-0.25, -0.2) is 8.42 Å². The molecule has 0 heterocycles. The molecule has 0 spiro atoms. The van der Waals surface area contributed by atoms with Crippen LogP contribution in [0.1, 0.15) is 62.6 Å². The summed E-state index contributed by atoms with van der Waals surface area (Å²) in [6.07, 6.45) is -3.77. The fraction of sp³-hybridized carbons (Fsp3) is 0.519. The lowest BCUT2D eigenvalue weighted by atomic mass is 9.95. The third-order valence-electron chi connectivity index (χ3n) is 6.41. The molecule has 2 rings (SSSR count). The molecule has 2 aromatic carbocycles. The maximum absolute atomic E-state index is 13.5. The number of hydrogen-bond donors (Lipinski definition) is 3. The van der Waals surface area contributed by atoms with Crippen LogP contribution in [0.4, 0.5) is 13.2 Å². The van der Waals surface area contributed by atoms with Gasteiger partial charge in [-0.15, -0.1) is 0 Å². The van der Waals surface area contributed by atoms with Crippen LogP contribution < -0.4 is 5.32 Å². The van der Waals surface area contributed by atoms with Crippen LogP contribution in [0.15, 0.2) is 53.4 Å². The van der Waals surface area contributed by atoms with E-state index in [1.165, 1.54) is 19.5 Å². The smallest absolute Gasteiger partial charge is 0.416 e. The minimum atomic E-state index is -4.82. The number of sulfonamides is 1. The van der Waals surface area contributed by atoms with E-state index in [-0.39, 0.29) is 24.2 Å². The van der Waals surface area contributed by atoms with Crippen LogP contribution in [0.2, 0.25) is 0 Å². The number of aliphatic carboxylic acids is 1. The Kier molecular flexibility index (Phi) is 10.9. The molecule has 0 saturated heterocycles. The molecule has 0 bridgehead atoms. The SMILES string of the molecule is CC(CC(=O)O)c1cc(C(F)(F)F)cc(S(=O)(=O)N(C)CC(O)CNC(C)(C)CCCc2ccccc2)c1. The molecule has 0 amide bonds. The average Bonchev–Trinajstić information content (AvgIpc) is 2.82. The maximum atomic E-state index is 13.5. The molecule has 3 N–H and O–H groups in total. The Morgan fingerprint density at radius 2 is 1.74 bits per heavy atom. The first kappa shape index (κ1) is 31.7. The number of aliphatic hydroxyl groups is 1. The van der Waals surface area contributed by atoms with E-state index in [0.717, 1.165) is 35.7 Å². The van der Waals surface area contributed by atoms with Crippen LogP contribution in [0.3, 0.4) is 0 Å². The van der Waals surface area contributed by atoms with Crippen molar-refractivity contribution in [1.29, 1.82) is 0 Å². The van der Waals surface area contributed by atoms with Gasteiger partial charge in [0.15, 0.2) is 0 Å². The van der Waals surface area contributed by atoms with Crippen LogP contribution in [-0.4, -0.2) is 60.7 Å². The van der Waals surface area contributed by atoms with E-state index in [2.05, 4.69) is 17.4 Å². The van der Waals surface area contributed by atoms with Crippen molar-refractivity contribution in [3.05, 3.63) is 65.2 Å². The van der Waals surface area contributed by atoms with Crippen molar-refractivity contribution in [2.24, 2.45) is 0 Å². The third kappa shape index (κ3) is 9.68. The number of likely N-dealkylation sites (N-methyl/N-ethyl adjacent to an activating group) is 1. The third-order valence-corrected chi connectivity index (χ3v) is 8.21. The zero-order valence-electron chi connectivity index (χ0n) is 22.1. The Morgan fingerprint density at radius 3 is 2.32 bits per heavy atom. The van der Waals surface area contributed by atoms with E-state index in [1.807, 2.05) is 32.0 Å². The number of β-amino-alcohol motifs (C(OH)–C–C–N with tert-alkyl or cyclic N) is 1. The highest BCUT2D eigenvalue weighted by atomic mass is 32.2. The zero-order chi connectivity index (χ0) is 28.7. The number of halogens is 3. The lowest BCUT2D eigenvalue weighted by Gasteiger charge is -2.29. The summed E-state index contributed by atoms with van der Waals surface area (Å²) in [5.74, 6) is -2.05. The number of nitrogens with one attached hydrogen (secondary N) is 1. The molecular weight excluding hydrogens is 521 g/mol. The summed E-state index contributed by atoms with van der Waals surface area (Å²) in [7, 11) is -3.22. The van der Waals surface area contributed by atoms with Gasteiger partial charge < -0.3 is 15.5 Å². The molecule has 0 aliphatic carbocycles. The molecule has 11 heteroatoms. The summed E-state index contributed by atoms with van der Waals surface area (Å²) in [5, 5.41) is 22.8. The van der Waals surface area contributed by atoms with Crippen molar-refractivity contribution in [3.63, 3.8) is 0 Å². The van der Waals surface area contributed by atoms with Crippen molar-refractivity contribution in [2.45, 2.75) is 75.1 Å². The van der Waals surface area contributed by atoms with E-state index in [0.29, 0.717) is 6.07 Å². The summed E-state index contributed by atoms with van der Waals surface area (Å²) in [6, 6.07) is 12.4. The number of aliphatic hydroxyl groups excluding tert-OH is 1. The van der Waals surface area contributed by atoms with Crippen LogP contribution >= 0.6 is 0 Å². The average molecular weight is 559 g/mol. The quantitative estimate of drug-likeness (QED) is 0.312. The first-order valence-electron chi connectivity index (χ1n) is 12.4. The second-order valence-corrected chi connectivity index (χ2v) is 12.4. The van der Waals surface area contributed by atoms with Crippen molar-refractivity contribution < 1.29 is 36.6 Å². The lowest BCUT2D eigenvalue weighted by Crippen LogP contribution is -2.46. The minimum Gasteiger partial charge on any atom is -0.481 e. The second kappa shape index (κ2) is 13.1. The normalized spacial score (nSPS) is 14.4. The van der Waals surface area contributed by atoms with Gasteiger partial charge in [-0.05, 0) is 68.4 Å². The Labute approximate surface area is 222 Å². The zero-order valence-corrected chi connectivity index (χ0v) is 22.9. The van der Waals surface area contributed by atoms with Crippen LogP contribution in [0.25, 0.3) is 0 Å². The van der Waals surface area contributed by atoms with Crippen molar-refractivity contribution >= 4 is 16.0 Å². The van der Waals surface area contributed by atoms with Gasteiger partial charge >= 0.3 is 12.1 Å². The molecule has 0 aromatic heterocycles. The van der Waals surface area contributed by atoms with E-state index < -0.39 is 51.1 Å². The predicted molar refractivity (Wildman–Crippen MR) is 139 cm³/mol. The van der Waals surface area contributed by atoms with Gasteiger partial charge in [-0.2, -0.15) is 17.5 Å². The van der Waals surface area contributed by atoms with Gasteiger partial charge in [0.2, 0.25) is 10.0 Å². The van der Waals surface area contributed by atoms with Crippen molar-refractivity contribution in [1.82, 2.24) is 9.62 Å². The molecule has 0 aliphatic rings. The molecule has 0 fully saturated rings. The number of hydrogen-bond acceptors (Lipinski definition) is 5. The van der Waals surface area contributed by atoms with Gasteiger partial charge in [-0.1, -0.05) is 37.3 Å². The Balaban J connectivity index is 2.06. The first-order chi connectivity index (χ1) is 17.5. The second-order valence-electron chi connectivity index (χ2n) is 10.3. The number of carbonyl (C=O) groups is 1. The van der Waals surface area contributed by atoms with Gasteiger partial charge in [0.1, 0.15) is 0 Å². The van der Waals surface area contributed by atoms with E-state index in [4.69, 9.17) is 5.11 Å². The summed E-state index contributed by atoms with van der Waals surface area (Å²) < 4.78 is 67.6. The standard InChI is InChI=1S/C27H37F3N2O5S/c1-19(13-25(34)35)21-14-22(27(28,29)30)16-24(15-21)38(36,37)32(4)18-23(33)17-31-26(2,3)12-8-11-20-9-6-5-7-10-20/h5-7,9-10,14-16,19,23,31,33H,8,11-13,17-18H2,1-4H3,(H,34,35). The van der Waals surface area contributed by atoms with Crippen molar-refractivity contribution in [2.75, 3.05) is 20.1 Å². The predicted octanol–water partition coefficient (Wildman–Crippen LogP) is 4.66. The molecule has 212 valence electrons. The molecule has 2 aromatic rings. The Morgan fingerprint density at radius 1 is 1.11 bits per heavy atom. The number of carboxylic acids is 1. The van der Waals surface area contributed by atoms with Crippen molar-refractivity contribution in [3.8, 4) is 0 Å². The monoisotopic (exact) mass is 558 g/mol. The van der Waals surface area contributed by atoms with E-state index >= 15 is 0 Å². The Bertz CT molecular complexity index is 1170. The number of alkyl halides is 3. The summed E-state index contributed by atoms with van der Waals surface area (Å²) in [6.45, 7) is 5.12. The maximum Gasteiger partial charge on any atom is 0.416 e. The molecule has 38 heavy (non-hydrogen) atoms. The number of nitrogens with zero attached hydrogens (tertiary/aromatic N) is 1. The lowest BCUT2D eigenvalue weighted by molar-refractivity contribution is -0.138. The molecule has 2 unspecified atom stereocenters. The summed E-state index contributed by atoms with van der Waals surface area (Å²) in [4.78, 5) is 10.4. The fourth-order valence-corrected chi connectivity index (χ4v) is 5.39. The molecule has 2 atom stereocenters. The number of benzene rings is 2. The highest BCUT2D eigenvalue weighted by Gasteiger charge is 2.34. The largest absolute Gasteiger partial charge is 0.481 e. The molecule has 0 saturated carbocycles. The van der Waals surface area contributed by atoms with Gasteiger partial charge in [0.05, 0.1) is 23.0 Å². The number of rotatable bonds is 14. The van der Waals surface area contributed by atoms with E-state index in [9.17, 15) is 31.5 Å². The minimum absolute atomic E-state index is 0.0475. The summed E-state index contributed by atoms with van der Waals surface area (Å²) >= 11 is 0. The van der Waals surface area contributed by atoms with Crippen LogP contribution in [0, 0.1) is 0 Å². The van der Waals surface area contributed by atoms with Gasteiger partial charge in [-0.3, -0.25) is 4.79 Å². The van der Waals surface area contributed by atoms with Crippen LogP contribution in [-0.2, 0) is 27.4 Å². The molecule has 0 radical (unpaired) electrons. The summed E-state index contributed by atoms with van der Waals surface area (Å²) in [5.41, 5.74) is -0.332. The highest BCUT2D eigenvalue weighted by Crippen LogP contribution is 2.34. The highest BCUT2D eigenvalue weighted by molar-refractivity contribution is 7.89. The van der Waals surface area contributed by atoms with E-state index in [1.54, 1.807) is 0 Å². The Hall–Kier alpha value is -2.47. The number of carboxylic acid groups (broad SMARTS) is 1. The first-order valence-corrected chi connectivity index (χ1v) is 13.8. The van der Waals surface area contributed by atoms with Crippen LogP contribution in [0.5, 0.6) is 0 Å². The number of aryl methyl sites for hydroxylation is 1. The molecular formula is C27H37F3N2O5S. The molecule has 7 nitrogen and oxygen atoms in total. The fourth-order valence-electron chi connectivity index (χ4n) is 4.10.